The lowest BCUT2D eigenvalue weighted by atomic mass is 10.0. The topological polar surface area (TPSA) is 151 Å². The first-order chi connectivity index (χ1) is 30.3. The van der Waals surface area contributed by atoms with Gasteiger partial charge in [0, 0.05) is 6.54 Å². The molecule has 0 bridgehead atoms. The van der Waals surface area contributed by atoms with Crippen LogP contribution in [-0.4, -0.2) is 59.0 Å². The van der Waals surface area contributed by atoms with Crippen molar-refractivity contribution in [3.8, 4) is 0 Å². The summed E-state index contributed by atoms with van der Waals surface area (Å²) < 4.78 is 22.2. The largest absolute Gasteiger partial charge is 0.472 e. The van der Waals surface area contributed by atoms with Gasteiger partial charge in [0.15, 0.2) is 0 Å². The highest BCUT2D eigenvalue weighted by atomic mass is 31.2. The van der Waals surface area contributed by atoms with Crippen molar-refractivity contribution < 1.29 is 33.5 Å². The van der Waals surface area contributed by atoms with Crippen LogP contribution < -0.4 is 11.1 Å². The van der Waals surface area contributed by atoms with Gasteiger partial charge in [-0.05, 0) is 32.1 Å². The lowest BCUT2D eigenvalue weighted by Gasteiger charge is -2.24. The van der Waals surface area contributed by atoms with Crippen molar-refractivity contribution in [3.05, 3.63) is 24.3 Å². The van der Waals surface area contributed by atoms with E-state index in [1.807, 2.05) is 6.08 Å². The second-order valence-corrected chi connectivity index (χ2v) is 19.7. The Hall–Kier alpha value is -1.06. The molecule has 1 amide bonds. The fraction of sp³-hybridized carbons (Fsp3) is 0.904. The Labute approximate surface area is 383 Å². The summed E-state index contributed by atoms with van der Waals surface area (Å²) in [5, 5.41) is 24.2. The molecule has 0 radical (unpaired) electrons. The molecule has 0 saturated heterocycles. The average Bonchev–Trinajstić information content (AvgIpc) is 3.25. The molecule has 0 fully saturated rings. The molecular weight excluding hydrogens is 796 g/mol. The molecule has 0 aliphatic heterocycles. The molecule has 0 spiro atoms. The van der Waals surface area contributed by atoms with Crippen LogP contribution in [-0.2, 0) is 18.4 Å². The van der Waals surface area contributed by atoms with Crippen LogP contribution >= 0.6 is 7.82 Å². The van der Waals surface area contributed by atoms with E-state index in [1.54, 1.807) is 6.08 Å². The van der Waals surface area contributed by atoms with Gasteiger partial charge in [0.25, 0.3) is 0 Å². The molecule has 0 aliphatic carbocycles. The van der Waals surface area contributed by atoms with E-state index in [0.29, 0.717) is 12.8 Å². The maximum atomic E-state index is 12.9. The molecule has 0 aliphatic rings. The number of nitrogens with two attached hydrogens (primary N) is 1. The third-order valence-electron chi connectivity index (χ3n) is 12.1. The highest BCUT2D eigenvalue weighted by molar-refractivity contribution is 7.47. The molecule has 4 unspecified atom stereocenters. The van der Waals surface area contributed by atoms with Crippen molar-refractivity contribution in [2.24, 2.45) is 5.73 Å². The average molecular weight is 899 g/mol. The highest BCUT2D eigenvalue weighted by Crippen LogP contribution is 2.43. The fourth-order valence-electron chi connectivity index (χ4n) is 8.08. The van der Waals surface area contributed by atoms with Crippen LogP contribution in [0.15, 0.2) is 24.3 Å². The van der Waals surface area contributed by atoms with Crippen LogP contribution in [0.3, 0.4) is 0 Å². The number of carbonyl (C=O) groups excluding carboxylic acids is 1. The minimum atomic E-state index is -4.41. The Bertz CT molecular complexity index is 1040. The maximum Gasteiger partial charge on any atom is 0.472 e. The summed E-state index contributed by atoms with van der Waals surface area (Å²) in [4.78, 5) is 22.9. The van der Waals surface area contributed by atoms with Gasteiger partial charge in [-0.15, -0.1) is 0 Å². The second kappa shape index (κ2) is 47.9. The Morgan fingerprint density at radius 3 is 1.34 bits per heavy atom. The molecular formula is C52H103N2O7P. The molecule has 6 N–H and O–H groups in total. The van der Waals surface area contributed by atoms with Crippen molar-refractivity contribution in [2.45, 2.75) is 283 Å². The quantitative estimate of drug-likeness (QED) is 0.0230. The van der Waals surface area contributed by atoms with Crippen LogP contribution in [0.4, 0.5) is 0 Å². The Balaban J connectivity index is 4.18. The summed E-state index contributed by atoms with van der Waals surface area (Å²) in [5.74, 6) is -0.450. The Kier molecular flexibility index (Phi) is 47.1. The van der Waals surface area contributed by atoms with Gasteiger partial charge in [0.1, 0.15) is 0 Å². The van der Waals surface area contributed by atoms with Gasteiger partial charge in [-0.3, -0.25) is 13.8 Å². The van der Waals surface area contributed by atoms with E-state index in [2.05, 4.69) is 31.3 Å². The van der Waals surface area contributed by atoms with E-state index < -0.39 is 38.6 Å². The summed E-state index contributed by atoms with van der Waals surface area (Å²) in [7, 11) is -4.41. The van der Waals surface area contributed by atoms with Gasteiger partial charge in [-0.1, -0.05) is 250 Å². The number of carbonyl (C=O) groups is 1. The molecule has 0 heterocycles. The third-order valence-corrected chi connectivity index (χ3v) is 13.1. The number of rotatable bonds is 50. The maximum absolute atomic E-state index is 12.9. The number of phosphoric ester groups is 1. The summed E-state index contributed by atoms with van der Waals surface area (Å²) >= 11 is 0. The monoisotopic (exact) mass is 899 g/mol. The summed E-state index contributed by atoms with van der Waals surface area (Å²) in [6.45, 7) is 4.00. The molecule has 368 valence electrons. The standard InChI is InChI=1S/C52H103N2O7P/c1-3-5-7-9-11-13-15-17-19-21-23-24-26-27-29-31-33-35-37-39-41-43-49(55)47-52(57)54-50(48-61-62(58,59)60-46-45-53)51(56)44-42-40-38-36-34-32-30-28-25-22-20-18-16-14-12-10-8-6-4-2/h34,36,42,44,49-51,55-56H,3-33,35,37-41,43,45-48,53H2,1-2H3,(H,54,57)(H,58,59)/b36-34+,44-42+. The summed E-state index contributed by atoms with van der Waals surface area (Å²) in [6, 6.07) is -0.997. The molecule has 9 nitrogen and oxygen atoms in total. The number of hydrogen-bond donors (Lipinski definition) is 5. The number of allylic oxidation sites excluding steroid dienone is 3. The van der Waals surface area contributed by atoms with Gasteiger partial charge in [-0.25, -0.2) is 4.57 Å². The van der Waals surface area contributed by atoms with Crippen molar-refractivity contribution in [1.82, 2.24) is 5.32 Å². The lowest BCUT2D eigenvalue weighted by molar-refractivity contribution is -0.124. The molecule has 10 heteroatoms. The van der Waals surface area contributed by atoms with Crippen LogP contribution in [0, 0.1) is 0 Å². The number of nitrogens with one attached hydrogen (secondary N) is 1. The number of unbranched alkanes of at least 4 members (excludes halogenated alkanes) is 34. The predicted molar refractivity (Wildman–Crippen MR) is 264 cm³/mol. The predicted octanol–water partition coefficient (Wildman–Crippen LogP) is 14.7. The zero-order valence-electron chi connectivity index (χ0n) is 40.7. The first-order valence-corrected chi connectivity index (χ1v) is 28.0. The number of amides is 1. The first-order valence-electron chi connectivity index (χ1n) is 26.5. The zero-order chi connectivity index (χ0) is 45.5. The number of phosphoric acid groups is 1. The van der Waals surface area contributed by atoms with Gasteiger partial charge in [0.05, 0.1) is 37.9 Å². The molecule has 0 rings (SSSR count). The number of aliphatic hydroxyl groups excluding tert-OH is 2. The van der Waals surface area contributed by atoms with Gasteiger partial charge < -0.3 is 26.2 Å². The lowest BCUT2D eigenvalue weighted by Crippen LogP contribution is -2.46. The zero-order valence-corrected chi connectivity index (χ0v) is 41.6. The number of aliphatic hydroxyl groups is 2. The Morgan fingerprint density at radius 1 is 0.548 bits per heavy atom. The van der Waals surface area contributed by atoms with Crippen molar-refractivity contribution in [1.29, 1.82) is 0 Å². The van der Waals surface area contributed by atoms with Gasteiger partial charge >= 0.3 is 7.82 Å². The fourth-order valence-corrected chi connectivity index (χ4v) is 8.84. The third kappa shape index (κ3) is 45.5. The molecule has 0 aromatic heterocycles. The van der Waals surface area contributed by atoms with E-state index in [4.69, 9.17) is 14.8 Å². The van der Waals surface area contributed by atoms with E-state index in [9.17, 15) is 24.5 Å². The minimum Gasteiger partial charge on any atom is -0.393 e. The van der Waals surface area contributed by atoms with E-state index >= 15 is 0 Å². The van der Waals surface area contributed by atoms with E-state index in [1.165, 1.54) is 199 Å². The van der Waals surface area contributed by atoms with E-state index in [-0.39, 0.29) is 19.6 Å². The molecule has 62 heavy (non-hydrogen) atoms. The normalized spacial score (nSPS) is 14.5. The molecule has 0 aromatic carbocycles. The van der Waals surface area contributed by atoms with Crippen LogP contribution in [0.5, 0.6) is 0 Å². The minimum absolute atomic E-state index is 0.0464. The van der Waals surface area contributed by atoms with Crippen LogP contribution in [0.1, 0.15) is 264 Å². The van der Waals surface area contributed by atoms with Gasteiger partial charge in [-0.2, -0.15) is 0 Å². The molecule has 0 aromatic rings. The number of hydrogen-bond acceptors (Lipinski definition) is 7. The summed E-state index contributed by atoms with van der Waals surface area (Å²) in [5.41, 5.74) is 5.38. The van der Waals surface area contributed by atoms with Crippen molar-refractivity contribution in [2.75, 3.05) is 19.8 Å². The SMILES string of the molecule is CCCCCCCCCCCCCCC/C=C/CC/C=C/C(O)C(COP(=O)(O)OCCN)NC(=O)CC(O)CCCCCCCCCCCCCCCCCCCCCCC. The van der Waals surface area contributed by atoms with Gasteiger partial charge in [0.2, 0.25) is 5.91 Å². The van der Waals surface area contributed by atoms with Crippen LogP contribution in [0.2, 0.25) is 0 Å². The van der Waals surface area contributed by atoms with Crippen molar-refractivity contribution >= 4 is 13.7 Å². The Morgan fingerprint density at radius 2 is 0.919 bits per heavy atom. The second-order valence-electron chi connectivity index (χ2n) is 18.3. The molecule has 4 atom stereocenters. The smallest absolute Gasteiger partial charge is 0.393 e. The molecule has 0 saturated carbocycles. The van der Waals surface area contributed by atoms with Crippen LogP contribution in [0.25, 0.3) is 0 Å². The summed E-state index contributed by atoms with van der Waals surface area (Å²) in [6.07, 6.45) is 54.2. The first kappa shape index (κ1) is 60.9. The van der Waals surface area contributed by atoms with Crippen molar-refractivity contribution in [3.63, 3.8) is 0 Å². The van der Waals surface area contributed by atoms with E-state index in [0.717, 1.165) is 32.1 Å². The highest BCUT2D eigenvalue weighted by Gasteiger charge is 2.27.